The van der Waals surface area contributed by atoms with Crippen molar-refractivity contribution in [2.45, 2.75) is 6.92 Å². The summed E-state index contributed by atoms with van der Waals surface area (Å²) >= 11 is 1.56. The van der Waals surface area contributed by atoms with E-state index >= 15 is 0 Å². The van der Waals surface area contributed by atoms with Crippen molar-refractivity contribution < 1.29 is 0 Å². The van der Waals surface area contributed by atoms with Crippen LogP contribution in [-0.2, 0) is 0 Å². The van der Waals surface area contributed by atoms with Gasteiger partial charge in [-0.25, -0.2) is 4.40 Å². The summed E-state index contributed by atoms with van der Waals surface area (Å²) in [6.45, 7) is 1.96. The van der Waals surface area contributed by atoms with E-state index in [1.54, 1.807) is 11.9 Å². The molecule has 0 amide bonds. The highest BCUT2D eigenvalue weighted by molar-refractivity contribution is 7.98. The predicted octanol–water partition coefficient (Wildman–Crippen LogP) is 1.19. The smallest absolute Gasteiger partial charge is 0.0453 e. The minimum atomic E-state index is 0.950. The summed E-state index contributed by atoms with van der Waals surface area (Å²) in [7, 11) is 0. The van der Waals surface area contributed by atoms with Crippen LogP contribution < -0.4 is 0 Å². The van der Waals surface area contributed by atoms with E-state index in [1.165, 1.54) is 0 Å². The predicted molar refractivity (Wildman–Crippen MR) is 28.8 cm³/mol. The number of rotatable bonds is 0. The summed E-state index contributed by atoms with van der Waals surface area (Å²) in [5, 5.41) is 0. The molecule has 32 valence electrons. The Morgan fingerprint density at radius 2 is 2.83 bits per heavy atom. The average Bonchev–Trinajstić information content (AvgIpc) is 1.86. The van der Waals surface area contributed by atoms with Gasteiger partial charge >= 0.3 is 0 Å². The first kappa shape index (κ1) is 4.19. The van der Waals surface area contributed by atoms with Crippen molar-refractivity contribution in [1.29, 1.82) is 0 Å². The Balaban J connectivity index is 2.45. The van der Waals surface area contributed by atoms with Crippen molar-refractivity contribution in [1.82, 2.24) is 0 Å². The van der Waals surface area contributed by atoms with Gasteiger partial charge in [-0.15, -0.1) is 0 Å². The van der Waals surface area contributed by atoms with Gasteiger partial charge in [-0.3, -0.25) is 0 Å². The summed E-state index contributed by atoms with van der Waals surface area (Å²) in [5.41, 5.74) is 1.04. The molecule has 0 fully saturated rings. The molecule has 1 aliphatic rings. The number of hydrogen-bond acceptors (Lipinski definition) is 2. The third kappa shape index (κ3) is 0.744. The molecule has 1 rings (SSSR count). The van der Waals surface area contributed by atoms with Crippen LogP contribution >= 0.6 is 11.9 Å². The van der Waals surface area contributed by atoms with E-state index < -0.39 is 0 Å². The van der Waals surface area contributed by atoms with Gasteiger partial charge in [0.15, 0.2) is 0 Å². The highest BCUT2D eigenvalue weighted by atomic mass is 32.2. The topological polar surface area (TPSA) is 12.4 Å². The minimum absolute atomic E-state index is 0.950. The lowest BCUT2D eigenvalue weighted by molar-refractivity contribution is 1.65. The zero-order valence-electron chi connectivity index (χ0n) is 3.56. The van der Waals surface area contributed by atoms with Gasteiger partial charge in [-0.05, 0) is 18.9 Å². The third-order valence-corrected chi connectivity index (χ3v) is 1.27. The SMILES string of the molecule is CC1=NSC[C]1. The standard InChI is InChI=1S/C4H5NS/c1-4-2-3-6-5-4/h3H2,1H3. The van der Waals surface area contributed by atoms with Crippen LogP contribution in [0.1, 0.15) is 6.92 Å². The molecule has 1 aliphatic heterocycles. The number of nitrogens with zero attached hydrogens (tertiary/aromatic N) is 1. The number of hydrogen-bond donors (Lipinski definition) is 0. The van der Waals surface area contributed by atoms with E-state index in [0.717, 1.165) is 11.5 Å². The van der Waals surface area contributed by atoms with Crippen LogP contribution in [0.4, 0.5) is 0 Å². The molecule has 0 aromatic heterocycles. The zero-order chi connectivity index (χ0) is 4.41. The van der Waals surface area contributed by atoms with Crippen LogP contribution in [0, 0.1) is 6.42 Å². The fraction of sp³-hybridized carbons (Fsp3) is 0.500. The fourth-order valence-corrected chi connectivity index (χ4v) is 0.894. The molecule has 2 radical (unpaired) electrons. The zero-order valence-corrected chi connectivity index (χ0v) is 4.38. The Morgan fingerprint density at radius 3 is 3.00 bits per heavy atom. The average molecular weight is 99.2 g/mol. The summed E-state index contributed by atoms with van der Waals surface area (Å²) in [6, 6.07) is 0. The molecule has 0 saturated heterocycles. The van der Waals surface area contributed by atoms with Gasteiger partial charge in [0.1, 0.15) is 0 Å². The van der Waals surface area contributed by atoms with E-state index in [0.29, 0.717) is 0 Å². The van der Waals surface area contributed by atoms with Crippen molar-refractivity contribution in [2.24, 2.45) is 4.40 Å². The van der Waals surface area contributed by atoms with Gasteiger partial charge in [0.25, 0.3) is 0 Å². The maximum absolute atomic E-state index is 3.96. The highest BCUT2D eigenvalue weighted by Gasteiger charge is 1.99. The molecular weight excluding hydrogens is 94.1 g/mol. The highest BCUT2D eigenvalue weighted by Crippen LogP contribution is 2.12. The molecule has 0 spiro atoms. The van der Waals surface area contributed by atoms with Gasteiger partial charge in [0.2, 0.25) is 0 Å². The molecule has 0 aromatic carbocycles. The Kier molecular flexibility index (Phi) is 1.15. The van der Waals surface area contributed by atoms with Crippen LogP contribution in [0.3, 0.4) is 0 Å². The van der Waals surface area contributed by atoms with Crippen molar-refractivity contribution in [2.75, 3.05) is 5.75 Å². The Labute approximate surface area is 42.0 Å². The first-order valence-electron chi connectivity index (χ1n) is 1.80. The van der Waals surface area contributed by atoms with Crippen molar-refractivity contribution in [3.8, 4) is 0 Å². The quantitative estimate of drug-likeness (QED) is 0.415. The lowest BCUT2D eigenvalue weighted by atomic mass is 10.3. The summed E-state index contributed by atoms with van der Waals surface area (Å²) < 4.78 is 3.96. The van der Waals surface area contributed by atoms with Crippen LogP contribution in [-0.4, -0.2) is 11.5 Å². The van der Waals surface area contributed by atoms with Gasteiger partial charge in [-0.1, -0.05) is 0 Å². The Bertz CT molecular complexity index is 77.6. The first-order valence-corrected chi connectivity index (χ1v) is 2.74. The monoisotopic (exact) mass is 99.0 g/mol. The molecule has 0 saturated carbocycles. The van der Waals surface area contributed by atoms with Gasteiger partial charge in [-0.2, -0.15) is 0 Å². The molecule has 0 N–H and O–H groups in total. The second-order valence-corrected chi connectivity index (χ2v) is 1.86. The summed E-state index contributed by atoms with van der Waals surface area (Å²) in [5.74, 6) is 0.950. The molecule has 1 nitrogen and oxygen atoms in total. The van der Waals surface area contributed by atoms with E-state index in [4.69, 9.17) is 0 Å². The Morgan fingerprint density at radius 1 is 2.00 bits per heavy atom. The molecule has 0 bridgehead atoms. The van der Waals surface area contributed by atoms with Crippen molar-refractivity contribution in [3.05, 3.63) is 6.42 Å². The summed E-state index contributed by atoms with van der Waals surface area (Å²) in [6.07, 6.45) is 3.03. The molecule has 0 unspecified atom stereocenters. The second kappa shape index (κ2) is 1.65. The van der Waals surface area contributed by atoms with E-state index in [9.17, 15) is 0 Å². The van der Waals surface area contributed by atoms with Gasteiger partial charge in [0, 0.05) is 17.9 Å². The van der Waals surface area contributed by atoms with E-state index in [2.05, 4.69) is 10.8 Å². The first-order chi connectivity index (χ1) is 2.89. The molecule has 2 heteroatoms. The summed E-state index contributed by atoms with van der Waals surface area (Å²) in [4.78, 5) is 0. The lowest BCUT2D eigenvalue weighted by Gasteiger charge is -1.72. The fourth-order valence-electron chi connectivity index (χ4n) is 0.298. The molecule has 0 atom stereocenters. The maximum atomic E-state index is 3.96. The molecule has 0 aromatic rings. The van der Waals surface area contributed by atoms with E-state index in [-0.39, 0.29) is 0 Å². The van der Waals surface area contributed by atoms with Crippen molar-refractivity contribution >= 4 is 17.7 Å². The Hall–Kier alpha value is 0.0200. The van der Waals surface area contributed by atoms with E-state index in [1.807, 2.05) is 6.92 Å². The molecule has 0 aliphatic carbocycles. The normalized spacial score (nSPS) is 21.2. The maximum Gasteiger partial charge on any atom is 0.0453 e. The molecule has 1 heterocycles. The van der Waals surface area contributed by atoms with Crippen LogP contribution in [0.25, 0.3) is 0 Å². The largest absolute Gasteiger partial charge is 0.225 e. The third-order valence-electron chi connectivity index (χ3n) is 0.594. The van der Waals surface area contributed by atoms with Gasteiger partial charge < -0.3 is 0 Å². The second-order valence-electron chi connectivity index (χ2n) is 1.13. The van der Waals surface area contributed by atoms with Crippen LogP contribution in [0.5, 0.6) is 0 Å². The lowest BCUT2D eigenvalue weighted by Crippen LogP contribution is -1.82. The van der Waals surface area contributed by atoms with Crippen LogP contribution in [0.2, 0.25) is 0 Å². The van der Waals surface area contributed by atoms with Gasteiger partial charge in [0.05, 0.1) is 0 Å². The molecular formula is C4H5NS. The van der Waals surface area contributed by atoms with Crippen molar-refractivity contribution in [3.63, 3.8) is 0 Å². The van der Waals surface area contributed by atoms with Crippen LogP contribution in [0.15, 0.2) is 4.40 Å². The molecule has 6 heavy (non-hydrogen) atoms. The minimum Gasteiger partial charge on any atom is -0.225 e.